The Morgan fingerprint density at radius 3 is 2.65 bits per heavy atom. The number of fused-ring (bicyclic) bond motifs is 1. The highest BCUT2D eigenvalue weighted by Gasteiger charge is 2.47. The molecule has 0 radical (unpaired) electrons. The third-order valence-electron chi connectivity index (χ3n) is 5.40. The van der Waals surface area contributed by atoms with Gasteiger partial charge in [-0.1, -0.05) is 6.07 Å². The number of pyridine rings is 2. The zero-order valence-corrected chi connectivity index (χ0v) is 16.2. The largest absolute Gasteiger partial charge is 0.489 e. The van der Waals surface area contributed by atoms with Gasteiger partial charge < -0.3 is 14.5 Å². The molecule has 0 aliphatic heterocycles. The molecule has 0 saturated heterocycles. The third-order valence-corrected chi connectivity index (χ3v) is 5.40. The van der Waals surface area contributed by atoms with Gasteiger partial charge in [-0.05, 0) is 25.0 Å². The number of aromatic nitrogens is 3. The van der Waals surface area contributed by atoms with Crippen LogP contribution >= 0.6 is 0 Å². The molecule has 10 heteroatoms. The number of carbonyl (C=O) groups excluding carboxylic acids is 1. The van der Waals surface area contributed by atoms with Crippen LogP contribution in [0.4, 0.5) is 23.4 Å². The molecule has 3 aromatic heterocycles. The van der Waals surface area contributed by atoms with Gasteiger partial charge in [0.25, 0.3) is 18.3 Å². The van der Waals surface area contributed by atoms with Crippen LogP contribution in [0.1, 0.15) is 59.8 Å². The first-order valence-electron chi connectivity index (χ1n) is 9.91. The Hall–Kier alpha value is -3.17. The van der Waals surface area contributed by atoms with Crippen LogP contribution < -0.4 is 10.1 Å². The standard InChI is InChI=1S/C21H18F4N4O2/c22-19(23)14-2-1-3-17(26-14)28-20(30)13-9-29-10-15(11-4-5-11)27-18(29)6-16(13)31-12-7-21(24,25)8-12/h1-3,6,9-12,19H,4-5,7-8H2,(H,26,28,30). The van der Waals surface area contributed by atoms with Gasteiger partial charge in [0.15, 0.2) is 0 Å². The number of hydrogen-bond acceptors (Lipinski definition) is 4. The van der Waals surface area contributed by atoms with Gasteiger partial charge in [0.05, 0.1) is 11.3 Å². The Kier molecular flexibility index (Phi) is 4.60. The van der Waals surface area contributed by atoms with Crippen molar-refractivity contribution in [3.63, 3.8) is 0 Å². The predicted molar refractivity (Wildman–Crippen MR) is 103 cm³/mol. The highest BCUT2D eigenvalue weighted by atomic mass is 19.3. The fourth-order valence-corrected chi connectivity index (χ4v) is 3.57. The average Bonchev–Trinajstić information content (AvgIpc) is 3.46. The summed E-state index contributed by atoms with van der Waals surface area (Å²) in [5.74, 6) is -2.97. The molecule has 1 amide bonds. The average molecular weight is 434 g/mol. The molecule has 3 aromatic rings. The molecular weight excluding hydrogens is 416 g/mol. The Balaban J connectivity index is 1.46. The predicted octanol–water partition coefficient (Wildman–Crippen LogP) is 4.97. The van der Waals surface area contributed by atoms with Crippen LogP contribution in [-0.2, 0) is 0 Å². The van der Waals surface area contributed by atoms with Gasteiger partial charge in [0.1, 0.15) is 29.0 Å². The van der Waals surface area contributed by atoms with Crippen molar-refractivity contribution in [3.05, 3.63) is 53.6 Å². The Labute approximate surface area is 174 Å². The number of carbonyl (C=O) groups is 1. The highest BCUT2D eigenvalue weighted by Crippen LogP contribution is 2.42. The Bertz CT molecular complexity index is 1150. The van der Waals surface area contributed by atoms with E-state index in [1.165, 1.54) is 18.3 Å². The monoisotopic (exact) mass is 434 g/mol. The fraction of sp³-hybridized carbons (Fsp3) is 0.381. The quantitative estimate of drug-likeness (QED) is 0.556. The summed E-state index contributed by atoms with van der Waals surface area (Å²) in [7, 11) is 0. The highest BCUT2D eigenvalue weighted by molar-refractivity contribution is 6.05. The first-order valence-corrected chi connectivity index (χ1v) is 9.91. The van der Waals surface area contributed by atoms with Crippen molar-refractivity contribution in [2.24, 2.45) is 0 Å². The lowest BCUT2D eigenvalue weighted by Crippen LogP contribution is -2.43. The van der Waals surface area contributed by atoms with Crippen LogP contribution in [0.15, 0.2) is 36.7 Å². The minimum atomic E-state index is -2.78. The summed E-state index contributed by atoms with van der Waals surface area (Å²) in [6.07, 6.45) is 1.06. The number of halogens is 4. The molecular formula is C21H18F4N4O2. The van der Waals surface area contributed by atoms with Crippen LogP contribution in [0.25, 0.3) is 5.65 Å². The van der Waals surface area contributed by atoms with Gasteiger partial charge in [-0.25, -0.2) is 27.5 Å². The van der Waals surface area contributed by atoms with E-state index in [1.807, 2.05) is 6.20 Å². The zero-order chi connectivity index (χ0) is 21.8. The first-order chi connectivity index (χ1) is 14.8. The van der Waals surface area contributed by atoms with E-state index in [0.717, 1.165) is 24.6 Å². The van der Waals surface area contributed by atoms with Crippen LogP contribution in [0.5, 0.6) is 5.75 Å². The molecule has 0 atom stereocenters. The second kappa shape index (κ2) is 7.21. The van der Waals surface area contributed by atoms with Gasteiger partial charge >= 0.3 is 0 Å². The van der Waals surface area contributed by atoms with Crippen molar-refractivity contribution in [1.82, 2.24) is 14.4 Å². The summed E-state index contributed by atoms with van der Waals surface area (Å²) >= 11 is 0. The second-order valence-electron chi connectivity index (χ2n) is 7.96. The molecule has 0 aromatic carbocycles. The van der Waals surface area contributed by atoms with E-state index in [1.54, 1.807) is 10.5 Å². The molecule has 3 heterocycles. The molecule has 2 fully saturated rings. The maximum Gasteiger partial charge on any atom is 0.280 e. The van der Waals surface area contributed by atoms with Crippen LogP contribution in [0.3, 0.4) is 0 Å². The van der Waals surface area contributed by atoms with E-state index in [-0.39, 0.29) is 17.1 Å². The molecule has 0 unspecified atom stereocenters. The van der Waals surface area contributed by atoms with E-state index in [4.69, 9.17) is 4.74 Å². The summed E-state index contributed by atoms with van der Waals surface area (Å²) in [4.78, 5) is 21.2. The van der Waals surface area contributed by atoms with Gasteiger partial charge in [-0.15, -0.1) is 0 Å². The molecule has 31 heavy (non-hydrogen) atoms. The lowest BCUT2D eigenvalue weighted by molar-refractivity contribution is -0.134. The van der Waals surface area contributed by atoms with Gasteiger partial charge in [-0.2, -0.15) is 0 Å². The lowest BCUT2D eigenvalue weighted by Gasteiger charge is -2.35. The number of amides is 1. The summed E-state index contributed by atoms with van der Waals surface area (Å²) in [5.41, 5.74) is 1.04. The topological polar surface area (TPSA) is 68.5 Å². The summed E-state index contributed by atoms with van der Waals surface area (Å²) in [6, 6.07) is 5.44. The number of nitrogens with one attached hydrogen (secondary N) is 1. The van der Waals surface area contributed by atoms with E-state index in [0.29, 0.717) is 11.6 Å². The summed E-state index contributed by atoms with van der Waals surface area (Å²) < 4.78 is 59.7. The third kappa shape index (κ3) is 4.06. The molecule has 2 aliphatic rings. The van der Waals surface area contributed by atoms with E-state index < -0.39 is 42.9 Å². The summed E-state index contributed by atoms with van der Waals surface area (Å²) in [6.45, 7) is 0. The maximum absolute atomic E-state index is 13.2. The van der Waals surface area contributed by atoms with Crippen molar-refractivity contribution in [2.45, 2.75) is 50.1 Å². The molecule has 6 nitrogen and oxygen atoms in total. The normalized spacial score (nSPS) is 18.2. The molecule has 2 saturated carbocycles. The van der Waals surface area contributed by atoms with Gasteiger partial charge in [0.2, 0.25) is 0 Å². The van der Waals surface area contributed by atoms with Crippen LogP contribution in [0, 0.1) is 0 Å². The summed E-state index contributed by atoms with van der Waals surface area (Å²) in [5, 5.41) is 2.48. The SMILES string of the molecule is O=C(Nc1cccc(C(F)F)n1)c1cn2cc(C3CC3)nc2cc1OC1CC(F)(F)C1. The number of alkyl halides is 4. The van der Waals surface area contributed by atoms with Crippen molar-refractivity contribution >= 4 is 17.4 Å². The minimum Gasteiger partial charge on any atom is -0.489 e. The number of rotatable bonds is 6. The first kappa shape index (κ1) is 19.8. The number of imidazole rings is 1. The van der Waals surface area contributed by atoms with Crippen LogP contribution in [0.2, 0.25) is 0 Å². The van der Waals surface area contributed by atoms with E-state index in [2.05, 4.69) is 15.3 Å². The number of nitrogens with zero attached hydrogens (tertiary/aromatic N) is 3. The van der Waals surface area contributed by atoms with Gasteiger partial charge in [0, 0.05) is 37.2 Å². The molecule has 0 spiro atoms. The Morgan fingerprint density at radius 1 is 1.19 bits per heavy atom. The van der Waals surface area contributed by atoms with Crippen molar-refractivity contribution < 1.29 is 27.1 Å². The minimum absolute atomic E-state index is 0.0478. The zero-order valence-electron chi connectivity index (χ0n) is 16.2. The van der Waals surface area contributed by atoms with Gasteiger partial charge in [-0.3, -0.25) is 4.79 Å². The molecule has 5 rings (SSSR count). The number of anilines is 1. The molecule has 2 aliphatic carbocycles. The maximum atomic E-state index is 13.2. The van der Waals surface area contributed by atoms with E-state index in [9.17, 15) is 22.4 Å². The number of ether oxygens (including phenoxy) is 1. The van der Waals surface area contributed by atoms with Crippen molar-refractivity contribution in [1.29, 1.82) is 0 Å². The molecule has 1 N–H and O–H groups in total. The van der Waals surface area contributed by atoms with Crippen molar-refractivity contribution in [3.8, 4) is 5.75 Å². The lowest BCUT2D eigenvalue weighted by atomic mass is 9.91. The molecule has 0 bridgehead atoms. The Morgan fingerprint density at radius 2 is 1.97 bits per heavy atom. The fourth-order valence-electron chi connectivity index (χ4n) is 3.57. The molecule has 162 valence electrons. The van der Waals surface area contributed by atoms with Crippen LogP contribution in [-0.4, -0.2) is 32.3 Å². The van der Waals surface area contributed by atoms with Crippen molar-refractivity contribution in [2.75, 3.05) is 5.32 Å². The second-order valence-corrected chi connectivity index (χ2v) is 7.96. The number of hydrogen-bond donors (Lipinski definition) is 1. The van der Waals surface area contributed by atoms with E-state index >= 15 is 0 Å². The smallest absolute Gasteiger partial charge is 0.280 e.